The monoisotopic (exact) mass is 131 g/mol. The molecule has 0 aromatic heterocycles. The average Bonchev–Trinajstić information content (AvgIpc) is 1.84. The summed E-state index contributed by atoms with van der Waals surface area (Å²) in [5, 5.41) is 6.69. The third kappa shape index (κ3) is 2.09. The van der Waals surface area contributed by atoms with Gasteiger partial charge in [-0.2, -0.15) is 0 Å². The van der Waals surface area contributed by atoms with Crippen LogP contribution in [0.2, 0.25) is 0 Å². The number of hydrogen-bond donors (Lipinski definition) is 3. The number of rotatable bonds is 2. The van der Waals surface area contributed by atoms with Crippen LogP contribution in [0.25, 0.3) is 0 Å². The number of methoxy groups -OCH3 is 1. The van der Waals surface area contributed by atoms with Gasteiger partial charge in [-0.25, -0.2) is 4.79 Å². The number of hydrogen-bond acceptors (Lipinski definition) is 4. The molecule has 0 aliphatic carbocycles. The first kappa shape index (κ1) is 7.90. The number of nitrogens with one attached hydrogen (secondary N) is 1. The standard InChI is InChI=1S/C4H9N3O2/c1-9-4(8)2(5)3(6)7/h2H,5H2,1H3,(H3,6,7). The number of esters is 1. The zero-order chi connectivity index (χ0) is 7.44. The van der Waals surface area contributed by atoms with Gasteiger partial charge in [-0.15, -0.1) is 0 Å². The van der Waals surface area contributed by atoms with Crippen molar-refractivity contribution in [3.63, 3.8) is 0 Å². The highest BCUT2D eigenvalue weighted by molar-refractivity contribution is 6.02. The number of carbonyl (C=O) groups is 1. The molecule has 5 nitrogen and oxygen atoms in total. The van der Waals surface area contributed by atoms with Gasteiger partial charge in [0.2, 0.25) is 0 Å². The Hall–Kier alpha value is -1.10. The van der Waals surface area contributed by atoms with E-state index in [1.54, 1.807) is 0 Å². The molecule has 0 aliphatic rings. The molecule has 1 atom stereocenters. The lowest BCUT2D eigenvalue weighted by Crippen LogP contribution is -2.43. The van der Waals surface area contributed by atoms with Crippen LogP contribution in [0.3, 0.4) is 0 Å². The quantitative estimate of drug-likeness (QED) is 0.239. The smallest absolute Gasteiger partial charge is 0.330 e. The molecule has 0 amide bonds. The summed E-state index contributed by atoms with van der Waals surface area (Å²) < 4.78 is 4.19. The second-order valence-corrected chi connectivity index (χ2v) is 1.46. The van der Waals surface area contributed by atoms with E-state index in [-0.39, 0.29) is 5.84 Å². The molecule has 0 saturated heterocycles. The molecule has 0 rings (SSSR count). The van der Waals surface area contributed by atoms with Gasteiger partial charge in [-0.3, -0.25) is 5.41 Å². The predicted molar refractivity (Wildman–Crippen MR) is 31.9 cm³/mol. The second kappa shape index (κ2) is 3.03. The summed E-state index contributed by atoms with van der Waals surface area (Å²) in [6.45, 7) is 0. The number of nitrogens with two attached hydrogens (primary N) is 2. The molecule has 0 radical (unpaired) electrons. The second-order valence-electron chi connectivity index (χ2n) is 1.46. The Morgan fingerprint density at radius 1 is 1.78 bits per heavy atom. The topological polar surface area (TPSA) is 102 Å². The Kier molecular flexibility index (Phi) is 2.66. The molecule has 0 heterocycles. The summed E-state index contributed by atoms with van der Waals surface area (Å²) in [7, 11) is 1.19. The van der Waals surface area contributed by atoms with E-state index in [1.165, 1.54) is 7.11 Å². The Morgan fingerprint density at radius 2 is 2.22 bits per heavy atom. The lowest BCUT2D eigenvalue weighted by atomic mass is 10.3. The van der Waals surface area contributed by atoms with Crippen molar-refractivity contribution in [2.45, 2.75) is 6.04 Å². The Balaban J connectivity index is 3.88. The molecule has 5 heteroatoms. The summed E-state index contributed by atoms with van der Waals surface area (Å²) in [4.78, 5) is 10.4. The lowest BCUT2D eigenvalue weighted by molar-refractivity contribution is -0.140. The van der Waals surface area contributed by atoms with Crippen molar-refractivity contribution < 1.29 is 9.53 Å². The van der Waals surface area contributed by atoms with Gasteiger partial charge in [0.1, 0.15) is 5.84 Å². The molecular formula is C4H9N3O2. The number of ether oxygens (including phenoxy) is 1. The molecule has 0 aromatic rings. The van der Waals surface area contributed by atoms with Crippen LogP contribution in [-0.4, -0.2) is 25.0 Å². The summed E-state index contributed by atoms with van der Waals surface area (Å²) in [6, 6.07) is -1.12. The average molecular weight is 131 g/mol. The fourth-order valence-electron chi connectivity index (χ4n) is 0.254. The lowest BCUT2D eigenvalue weighted by Gasteiger charge is -2.04. The highest BCUT2D eigenvalue weighted by Crippen LogP contribution is 1.79. The predicted octanol–water partition coefficient (Wildman–Crippen LogP) is -1.58. The van der Waals surface area contributed by atoms with Gasteiger partial charge in [0.15, 0.2) is 6.04 Å². The van der Waals surface area contributed by atoms with Gasteiger partial charge in [0.25, 0.3) is 0 Å². The third-order valence-corrected chi connectivity index (χ3v) is 0.790. The maximum absolute atomic E-state index is 10.4. The maximum atomic E-state index is 10.4. The minimum absolute atomic E-state index is 0.387. The normalized spacial score (nSPS) is 12.2. The molecule has 0 aromatic carbocycles. The van der Waals surface area contributed by atoms with Crippen molar-refractivity contribution in [2.24, 2.45) is 11.5 Å². The minimum Gasteiger partial charge on any atom is -0.468 e. The molecule has 0 aliphatic heterocycles. The highest BCUT2D eigenvalue weighted by Gasteiger charge is 2.15. The fraction of sp³-hybridized carbons (Fsp3) is 0.500. The van der Waals surface area contributed by atoms with Crippen LogP contribution in [0.1, 0.15) is 0 Å². The van der Waals surface area contributed by atoms with Crippen LogP contribution in [0.4, 0.5) is 0 Å². The molecule has 0 spiro atoms. The zero-order valence-electron chi connectivity index (χ0n) is 5.05. The van der Waals surface area contributed by atoms with Gasteiger partial charge < -0.3 is 16.2 Å². The summed E-state index contributed by atoms with van der Waals surface area (Å²) >= 11 is 0. The van der Waals surface area contributed by atoms with Crippen molar-refractivity contribution in [2.75, 3.05) is 7.11 Å². The molecule has 5 N–H and O–H groups in total. The Morgan fingerprint density at radius 3 is 2.33 bits per heavy atom. The largest absolute Gasteiger partial charge is 0.468 e. The van der Waals surface area contributed by atoms with E-state index in [1.807, 2.05) is 0 Å². The van der Waals surface area contributed by atoms with Crippen molar-refractivity contribution >= 4 is 11.8 Å². The van der Waals surface area contributed by atoms with Crippen molar-refractivity contribution in [1.29, 1.82) is 5.41 Å². The number of amidine groups is 1. The van der Waals surface area contributed by atoms with Crippen LogP contribution in [0, 0.1) is 5.41 Å². The molecule has 0 fully saturated rings. The van der Waals surface area contributed by atoms with Crippen LogP contribution in [0.15, 0.2) is 0 Å². The van der Waals surface area contributed by atoms with Crippen molar-refractivity contribution in [3.8, 4) is 0 Å². The van der Waals surface area contributed by atoms with Crippen LogP contribution < -0.4 is 11.5 Å². The van der Waals surface area contributed by atoms with Crippen LogP contribution >= 0.6 is 0 Å². The van der Waals surface area contributed by atoms with Gasteiger partial charge in [-0.05, 0) is 0 Å². The van der Waals surface area contributed by atoms with Gasteiger partial charge in [-0.1, -0.05) is 0 Å². The first-order valence-corrected chi connectivity index (χ1v) is 2.27. The SMILES string of the molecule is COC(=O)C(N)C(=N)N. The van der Waals surface area contributed by atoms with Crippen molar-refractivity contribution in [3.05, 3.63) is 0 Å². The van der Waals surface area contributed by atoms with E-state index < -0.39 is 12.0 Å². The van der Waals surface area contributed by atoms with Gasteiger partial charge >= 0.3 is 5.97 Å². The zero-order valence-corrected chi connectivity index (χ0v) is 5.05. The molecule has 9 heavy (non-hydrogen) atoms. The Bertz CT molecular complexity index is 134. The van der Waals surface area contributed by atoms with Crippen LogP contribution in [-0.2, 0) is 9.53 Å². The first-order valence-electron chi connectivity index (χ1n) is 2.27. The fourth-order valence-corrected chi connectivity index (χ4v) is 0.254. The highest BCUT2D eigenvalue weighted by atomic mass is 16.5. The third-order valence-electron chi connectivity index (χ3n) is 0.790. The summed E-state index contributed by atoms with van der Waals surface area (Å²) in [5.41, 5.74) is 9.92. The Labute approximate surface area is 52.5 Å². The summed E-state index contributed by atoms with van der Waals surface area (Å²) in [6.07, 6.45) is 0. The van der Waals surface area contributed by atoms with Gasteiger partial charge in [0.05, 0.1) is 7.11 Å². The van der Waals surface area contributed by atoms with E-state index in [9.17, 15) is 4.79 Å². The first-order chi connectivity index (χ1) is 4.09. The molecular weight excluding hydrogens is 122 g/mol. The van der Waals surface area contributed by atoms with E-state index in [0.717, 1.165) is 0 Å². The van der Waals surface area contributed by atoms with Crippen molar-refractivity contribution in [1.82, 2.24) is 0 Å². The molecule has 0 saturated carbocycles. The minimum atomic E-state index is -1.12. The van der Waals surface area contributed by atoms with E-state index in [2.05, 4.69) is 4.74 Å². The van der Waals surface area contributed by atoms with Crippen LogP contribution in [0.5, 0.6) is 0 Å². The molecule has 0 bridgehead atoms. The molecule has 1 unspecified atom stereocenters. The molecule has 52 valence electrons. The van der Waals surface area contributed by atoms with E-state index in [4.69, 9.17) is 16.9 Å². The summed E-state index contributed by atoms with van der Waals surface area (Å²) in [5.74, 6) is -1.08. The number of carbonyl (C=O) groups excluding carboxylic acids is 1. The van der Waals surface area contributed by atoms with E-state index in [0.29, 0.717) is 0 Å². The van der Waals surface area contributed by atoms with Gasteiger partial charge in [0, 0.05) is 0 Å². The van der Waals surface area contributed by atoms with E-state index >= 15 is 0 Å². The maximum Gasteiger partial charge on any atom is 0.330 e.